The fourth-order valence-corrected chi connectivity index (χ4v) is 5.11. The number of hydrogen-bond donors (Lipinski definition) is 1. The highest BCUT2D eigenvalue weighted by Gasteiger charge is 2.26. The van der Waals surface area contributed by atoms with Gasteiger partial charge in [0.15, 0.2) is 5.78 Å². The minimum atomic E-state index is 0.0727. The van der Waals surface area contributed by atoms with Gasteiger partial charge in [-0.25, -0.2) is 0 Å². The summed E-state index contributed by atoms with van der Waals surface area (Å²) in [6, 6.07) is 12.6. The molecular formula is C28H22N2O2. The summed E-state index contributed by atoms with van der Waals surface area (Å²) in [6.07, 6.45) is 10.5. The molecule has 3 aliphatic rings. The Labute approximate surface area is 186 Å². The maximum absolute atomic E-state index is 12.9. The second kappa shape index (κ2) is 7.13. The van der Waals surface area contributed by atoms with E-state index in [9.17, 15) is 9.59 Å². The zero-order valence-corrected chi connectivity index (χ0v) is 17.9. The molecule has 1 aromatic heterocycles. The van der Waals surface area contributed by atoms with E-state index in [1.165, 1.54) is 11.1 Å². The van der Waals surface area contributed by atoms with Crippen LogP contribution in [0.25, 0.3) is 22.8 Å². The summed E-state index contributed by atoms with van der Waals surface area (Å²) >= 11 is 0. The molecule has 4 heteroatoms. The zero-order chi connectivity index (χ0) is 21.8. The Balaban J connectivity index is 1.40. The van der Waals surface area contributed by atoms with Gasteiger partial charge < -0.3 is 5.32 Å². The molecule has 0 unspecified atom stereocenters. The number of benzene rings is 2. The molecule has 0 bridgehead atoms. The van der Waals surface area contributed by atoms with Crippen molar-refractivity contribution in [2.45, 2.75) is 32.6 Å². The number of ketones is 1. The quantitative estimate of drug-likeness (QED) is 0.590. The van der Waals surface area contributed by atoms with Crippen molar-refractivity contribution in [1.82, 2.24) is 4.98 Å². The van der Waals surface area contributed by atoms with Crippen LogP contribution < -0.4 is 5.32 Å². The summed E-state index contributed by atoms with van der Waals surface area (Å²) < 4.78 is 0. The second-order valence-corrected chi connectivity index (χ2v) is 8.82. The molecule has 4 nitrogen and oxygen atoms in total. The highest BCUT2D eigenvalue weighted by Crippen LogP contribution is 2.39. The molecule has 1 N–H and O–H groups in total. The summed E-state index contributed by atoms with van der Waals surface area (Å²) in [7, 11) is 0. The number of hydrogen-bond acceptors (Lipinski definition) is 3. The number of carbonyl (C=O) groups is 2. The van der Waals surface area contributed by atoms with Crippen molar-refractivity contribution >= 4 is 29.0 Å². The number of allylic oxidation sites excluding steroid dienone is 3. The Bertz CT molecular complexity index is 1390. The normalized spacial score (nSPS) is 17.7. The Morgan fingerprint density at radius 3 is 2.69 bits per heavy atom. The van der Waals surface area contributed by atoms with Crippen LogP contribution in [-0.4, -0.2) is 16.7 Å². The number of fused-ring (bicyclic) bond motifs is 3. The Hall–Kier alpha value is -3.79. The number of Topliss-reactive ketones (excluding diaryl/α,β-unsaturated/α-hetero) is 1. The molecule has 0 radical (unpaired) electrons. The van der Waals surface area contributed by atoms with Crippen LogP contribution in [0, 0.1) is 6.92 Å². The number of rotatable bonds is 2. The number of nitrogens with zero attached hydrogens (tertiary/aromatic N) is 1. The number of amides is 1. The van der Waals surface area contributed by atoms with Crippen molar-refractivity contribution in [3.63, 3.8) is 0 Å². The van der Waals surface area contributed by atoms with Crippen molar-refractivity contribution in [3.8, 4) is 11.1 Å². The predicted octanol–water partition coefficient (Wildman–Crippen LogP) is 5.09. The largest absolute Gasteiger partial charge is 0.326 e. The van der Waals surface area contributed by atoms with Gasteiger partial charge in [-0.3, -0.25) is 14.6 Å². The first-order valence-corrected chi connectivity index (χ1v) is 11.0. The molecule has 0 spiro atoms. The Morgan fingerprint density at radius 1 is 0.938 bits per heavy atom. The first-order valence-electron chi connectivity index (χ1n) is 11.0. The van der Waals surface area contributed by atoms with Crippen LogP contribution in [0.15, 0.2) is 60.4 Å². The summed E-state index contributed by atoms with van der Waals surface area (Å²) in [5.74, 6) is 0.241. The van der Waals surface area contributed by atoms with Gasteiger partial charge in [0.25, 0.3) is 0 Å². The first kappa shape index (κ1) is 18.9. The van der Waals surface area contributed by atoms with E-state index in [-0.39, 0.29) is 11.7 Å². The molecular weight excluding hydrogens is 396 g/mol. The molecule has 1 amide bonds. The zero-order valence-electron chi connectivity index (χ0n) is 17.9. The van der Waals surface area contributed by atoms with Gasteiger partial charge in [-0.15, -0.1) is 0 Å². The molecule has 0 saturated heterocycles. The van der Waals surface area contributed by atoms with Gasteiger partial charge in [-0.1, -0.05) is 24.3 Å². The van der Waals surface area contributed by atoms with Gasteiger partial charge >= 0.3 is 0 Å². The molecule has 3 aromatic rings. The van der Waals surface area contributed by atoms with Crippen LogP contribution in [0.1, 0.15) is 39.8 Å². The first-order chi connectivity index (χ1) is 15.6. The fraction of sp³-hybridized carbons (Fsp3) is 0.179. The van der Waals surface area contributed by atoms with E-state index >= 15 is 0 Å². The van der Waals surface area contributed by atoms with Crippen molar-refractivity contribution in [2.24, 2.45) is 0 Å². The molecule has 0 fully saturated rings. The van der Waals surface area contributed by atoms with E-state index in [2.05, 4.69) is 59.7 Å². The van der Waals surface area contributed by atoms with Gasteiger partial charge in [0.1, 0.15) is 0 Å². The smallest absolute Gasteiger partial charge is 0.224 e. The standard InChI is InChI=1S/C28H22N2O2/c1-16-23(6-4-18-5-7-27(32)30-28(16)18)20-2-3-21-14-26(31)25(24(21)13-20)12-17-10-19-8-9-29-15-22(19)11-17/h2-4,6,8-9,11-13,15H,5,7,10,14H2,1H3,(H,30,32)/b25-12-. The van der Waals surface area contributed by atoms with Gasteiger partial charge in [0, 0.05) is 36.5 Å². The van der Waals surface area contributed by atoms with Gasteiger partial charge in [-0.2, -0.15) is 0 Å². The molecule has 0 atom stereocenters. The van der Waals surface area contributed by atoms with Crippen LogP contribution in [0.3, 0.4) is 0 Å². The average molecular weight is 418 g/mol. The monoisotopic (exact) mass is 418 g/mol. The van der Waals surface area contributed by atoms with E-state index in [4.69, 9.17) is 0 Å². The molecule has 2 heterocycles. The average Bonchev–Trinajstić information content (AvgIpc) is 3.34. The van der Waals surface area contributed by atoms with E-state index in [1.54, 1.807) is 0 Å². The maximum Gasteiger partial charge on any atom is 0.224 e. The van der Waals surface area contributed by atoms with Crippen LogP contribution in [0.5, 0.6) is 0 Å². The molecule has 32 heavy (non-hydrogen) atoms. The van der Waals surface area contributed by atoms with Crippen LogP contribution in [0.4, 0.5) is 5.69 Å². The summed E-state index contributed by atoms with van der Waals surface area (Å²) in [5.41, 5.74) is 11.8. The van der Waals surface area contributed by atoms with Crippen molar-refractivity contribution in [3.05, 3.63) is 93.8 Å². The third kappa shape index (κ3) is 3.02. The highest BCUT2D eigenvalue weighted by molar-refractivity contribution is 6.26. The topological polar surface area (TPSA) is 59.1 Å². The minimum Gasteiger partial charge on any atom is -0.326 e. The maximum atomic E-state index is 12.9. The highest BCUT2D eigenvalue weighted by atomic mass is 16.1. The second-order valence-electron chi connectivity index (χ2n) is 8.82. The van der Waals surface area contributed by atoms with Crippen LogP contribution in [-0.2, 0) is 28.9 Å². The summed E-state index contributed by atoms with van der Waals surface area (Å²) in [5, 5.41) is 3.05. The molecule has 0 saturated carbocycles. The summed E-state index contributed by atoms with van der Waals surface area (Å²) in [6.45, 7) is 2.06. The van der Waals surface area contributed by atoms with Crippen LogP contribution >= 0.6 is 0 Å². The van der Waals surface area contributed by atoms with E-state index in [1.807, 2.05) is 18.5 Å². The number of carbonyl (C=O) groups excluding carboxylic acids is 2. The van der Waals surface area contributed by atoms with E-state index < -0.39 is 0 Å². The van der Waals surface area contributed by atoms with E-state index in [0.29, 0.717) is 12.8 Å². The molecule has 156 valence electrons. The molecule has 2 aromatic carbocycles. The van der Waals surface area contributed by atoms with Crippen molar-refractivity contribution < 1.29 is 9.59 Å². The Morgan fingerprint density at radius 2 is 1.81 bits per heavy atom. The predicted molar refractivity (Wildman–Crippen MR) is 126 cm³/mol. The number of pyridine rings is 1. The number of aryl methyl sites for hydroxylation is 1. The minimum absolute atomic E-state index is 0.0727. The lowest BCUT2D eigenvalue weighted by Gasteiger charge is -2.21. The fourth-order valence-electron chi connectivity index (χ4n) is 5.11. The molecule has 2 aliphatic carbocycles. The lowest BCUT2D eigenvalue weighted by atomic mass is 9.91. The van der Waals surface area contributed by atoms with Crippen LogP contribution in [0.2, 0.25) is 0 Å². The third-order valence-electron chi connectivity index (χ3n) is 6.81. The SMILES string of the molecule is Cc1c(-c2ccc3c(c2)/C(=C/C2=Cc4cnccc4C2)C(=O)C3)ccc2c1NC(=O)CC2. The van der Waals surface area contributed by atoms with Gasteiger partial charge in [0.2, 0.25) is 5.91 Å². The lowest BCUT2D eigenvalue weighted by Crippen LogP contribution is -2.20. The van der Waals surface area contributed by atoms with Crippen molar-refractivity contribution in [2.75, 3.05) is 5.32 Å². The number of nitrogens with one attached hydrogen (secondary N) is 1. The number of aromatic nitrogens is 1. The van der Waals surface area contributed by atoms with E-state index in [0.717, 1.165) is 63.1 Å². The lowest BCUT2D eigenvalue weighted by molar-refractivity contribution is -0.116. The molecule has 6 rings (SSSR count). The molecule has 1 aliphatic heterocycles. The van der Waals surface area contributed by atoms with Gasteiger partial charge in [-0.05, 0) is 94.1 Å². The van der Waals surface area contributed by atoms with Gasteiger partial charge in [0.05, 0.1) is 0 Å². The summed E-state index contributed by atoms with van der Waals surface area (Å²) in [4.78, 5) is 29.0. The third-order valence-corrected chi connectivity index (χ3v) is 6.81. The van der Waals surface area contributed by atoms with Crippen molar-refractivity contribution in [1.29, 1.82) is 0 Å². The Kier molecular flexibility index (Phi) is 4.22. The number of anilines is 1.